The largest absolute Gasteiger partial charge is 0.466 e. The van der Waals surface area contributed by atoms with E-state index in [2.05, 4.69) is 5.32 Å². The lowest BCUT2D eigenvalue weighted by Crippen LogP contribution is -2.54. The average molecular weight is 384 g/mol. The first-order chi connectivity index (χ1) is 12.4. The monoisotopic (exact) mass is 384 g/mol. The number of nitrogens with one attached hydrogen (secondary N) is 1. The number of hydrogen-bond acceptors (Lipinski definition) is 6. The number of aliphatic hydroxyl groups excluding tert-OH is 1. The van der Waals surface area contributed by atoms with Crippen LogP contribution in [0.25, 0.3) is 0 Å². The fraction of sp³-hybridized carbons (Fsp3) is 0.833. The molecule has 0 aromatic heterocycles. The van der Waals surface area contributed by atoms with Crippen molar-refractivity contribution in [3.05, 3.63) is 0 Å². The van der Waals surface area contributed by atoms with Crippen LogP contribution < -0.4 is 5.32 Å². The number of hydrogen-bond donors (Lipinski definition) is 2. The predicted octanol–water partition coefficient (Wildman–Crippen LogP) is 0.548. The minimum Gasteiger partial charge on any atom is -0.466 e. The van der Waals surface area contributed by atoms with E-state index in [9.17, 15) is 19.5 Å². The molecule has 3 aliphatic heterocycles. The zero-order valence-corrected chi connectivity index (χ0v) is 16.4. The summed E-state index contributed by atoms with van der Waals surface area (Å²) >= 11 is 1.63. The second-order valence-electron chi connectivity index (χ2n) is 7.58. The SMILES string of the molecule is CCOC(=O)[C@@H]1[C@H]2C(=O)N(CCCO)C(C(=O)NC(C)C)C23CC[C@H]1S3. The Morgan fingerprint density at radius 1 is 1.46 bits per heavy atom. The van der Waals surface area contributed by atoms with E-state index in [0.29, 0.717) is 13.0 Å². The maximum absolute atomic E-state index is 13.2. The summed E-state index contributed by atoms with van der Waals surface area (Å²) in [5, 5.41) is 12.2. The molecule has 3 saturated heterocycles. The molecule has 3 fully saturated rings. The fourth-order valence-electron chi connectivity index (χ4n) is 4.80. The molecular formula is C18H28N2O5S. The Labute approximate surface area is 158 Å². The lowest BCUT2D eigenvalue weighted by molar-refractivity contribution is -0.153. The van der Waals surface area contributed by atoms with Gasteiger partial charge in [0.15, 0.2) is 0 Å². The van der Waals surface area contributed by atoms with E-state index in [0.717, 1.165) is 12.8 Å². The lowest BCUT2D eigenvalue weighted by atomic mass is 9.71. The van der Waals surface area contributed by atoms with Crippen LogP contribution in [0.4, 0.5) is 0 Å². The Balaban J connectivity index is 1.96. The van der Waals surface area contributed by atoms with Gasteiger partial charge in [-0.1, -0.05) is 0 Å². The summed E-state index contributed by atoms with van der Waals surface area (Å²) in [5.41, 5.74) is 0. The Morgan fingerprint density at radius 2 is 2.19 bits per heavy atom. The van der Waals surface area contributed by atoms with Crippen molar-refractivity contribution in [2.75, 3.05) is 19.8 Å². The van der Waals surface area contributed by atoms with Crippen molar-refractivity contribution in [3.8, 4) is 0 Å². The molecule has 2 N–H and O–H groups in total. The minimum atomic E-state index is -0.594. The normalized spacial score (nSPS) is 35.1. The number of fused-ring (bicyclic) bond motifs is 1. The second kappa shape index (κ2) is 7.38. The van der Waals surface area contributed by atoms with Crippen molar-refractivity contribution >= 4 is 29.5 Å². The number of ether oxygens (including phenoxy) is 1. The van der Waals surface area contributed by atoms with E-state index >= 15 is 0 Å². The highest BCUT2D eigenvalue weighted by molar-refractivity contribution is 8.02. The second-order valence-corrected chi connectivity index (χ2v) is 9.18. The van der Waals surface area contributed by atoms with E-state index in [1.807, 2.05) is 13.8 Å². The first kappa shape index (κ1) is 19.5. The standard InChI is InChI=1S/C18H28N2O5S/c1-4-25-17(24)12-11-6-7-18(26-11)13(12)16(23)20(8-5-9-21)14(18)15(22)19-10(2)3/h10-14,21H,4-9H2,1-3H3,(H,19,22)/t11-,12+,13+,14?,18?/m1/s1. The van der Waals surface area contributed by atoms with Gasteiger partial charge in [-0.2, -0.15) is 0 Å². The molecule has 0 aromatic carbocycles. The van der Waals surface area contributed by atoms with Crippen LogP contribution in [0.15, 0.2) is 0 Å². The Bertz CT molecular complexity index is 598. The predicted molar refractivity (Wildman–Crippen MR) is 97.4 cm³/mol. The topological polar surface area (TPSA) is 95.9 Å². The number of carbonyl (C=O) groups excluding carboxylic acids is 3. The Kier molecular flexibility index (Phi) is 5.53. The molecule has 3 aliphatic rings. The summed E-state index contributed by atoms with van der Waals surface area (Å²) in [7, 11) is 0. The van der Waals surface area contributed by atoms with Gasteiger partial charge in [0.05, 0.1) is 23.2 Å². The van der Waals surface area contributed by atoms with Gasteiger partial charge in [0, 0.05) is 24.4 Å². The molecule has 2 amide bonds. The van der Waals surface area contributed by atoms with Crippen molar-refractivity contribution in [2.45, 2.75) is 62.1 Å². The first-order valence-electron chi connectivity index (χ1n) is 9.43. The molecule has 5 atom stereocenters. The zero-order chi connectivity index (χ0) is 19.1. The number of esters is 1. The van der Waals surface area contributed by atoms with E-state index in [1.165, 1.54) is 0 Å². The lowest BCUT2D eigenvalue weighted by Gasteiger charge is -2.34. The molecule has 0 aromatic rings. The molecule has 7 nitrogen and oxygen atoms in total. The number of amides is 2. The van der Waals surface area contributed by atoms with Gasteiger partial charge in [0.25, 0.3) is 0 Å². The van der Waals surface area contributed by atoms with E-state index in [4.69, 9.17) is 4.74 Å². The van der Waals surface area contributed by atoms with Crippen LogP contribution in [-0.2, 0) is 19.1 Å². The van der Waals surface area contributed by atoms with E-state index < -0.39 is 22.6 Å². The quantitative estimate of drug-likeness (QED) is 0.623. The number of thioether (sulfide) groups is 1. The molecule has 26 heavy (non-hydrogen) atoms. The number of nitrogens with zero attached hydrogens (tertiary/aromatic N) is 1. The molecule has 3 heterocycles. The van der Waals surface area contributed by atoms with Crippen molar-refractivity contribution < 1.29 is 24.2 Å². The summed E-state index contributed by atoms with van der Waals surface area (Å²) in [4.78, 5) is 40.4. The van der Waals surface area contributed by atoms with Gasteiger partial charge >= 0.3 is 5.97 Å². The van der Waals surface area contributed by atoms with Crippen LogP contribution in [0.5, 0.6) is 0 Å². The Hall–Kier alpha value is -1.28. The molecule has 146 valence electrons. The third kappa shape index (κ3) is 2.91. The molecule has 8 heteroatoms. The third-order valence-electron chi connectivity index (χ3n) is 5.60. The van der Waals surface area contributed by atoms with Crippen molar-refractivity contribution in [1.82, 2.24) is 10.2 Å². The van der Waals surface area contributed by atoms with Gasteiger partial charge in [0.1, 0.15) is 6.04 Å². The van der Waals surface area contributed by atoms with Crippen LogP contribution in [0, 0.1) is 11.8 Å². The van der Waals surface area contributed by atoms with Crippen molar-refractivity contribution in [1.29, 1.82) is 0 Å². The van der Waals surface area contributed by atoms with Gasteiger partial charge in [-0.05, 0) is 40.0 Å². The zero-order valence-electron chi connectivity index (χ0n) is 15.6. The molecular weight excluding hydrogens is 356 g/mol. The molecule has 3 rings (SSSR count). The highest BCUT2D eigenvalue weighted by Gasteiger charge is 2.73. The summed E-state index contributed by atoms with van der Waals surface area (Å²) in [5.74, 6) is -1.61. The Morgan fingerprint density at radius 3 is 2.81 bits per heavy atom. The number of likely N-dealkylation sites (tertiary alicyclic amines) is 1. The maximum Gasteiger partial charge on any atom is 0.310 e. The molecule has 0 aliphatic carbocycles. The highest BCUT2D eigenvalue weighted by Crippen LogP contribution is 2.66. The summed E-state index contributed by atoms with van der Waals surface area (Å²) in [6.45, 7) is 6.11. The maximum atomic E-state index is 13.2. The van der Waals surface area contributed by atoms with Gasteiger partial charge < -0.3 is 20.1 Å². The van der Waals surface area contributed by atoms with Crippen molar-refractivity contribution in [3.63, 3.8) is 0 Å². The molecule has 2 unspecified atom stereocenters. The van der Waals surface area contributed by atoms with Crippen LogP contribution in [0.2, 0.25) is 0 Å². The van der Waals surface area contributed by atoms with Gasteiger partial charge in [-0.15, -0.1) is 11.8 Å². The van der Waals surface area contributed by atoms with E-state index in [-0.39, 0.29) is 42.3 Å². The van der Waals surface area contributed by atoms with Crippen LogP contribution >= 0.6 is 11.8 Å². The highest BCUT2D eigenvalue weighted by atomic mass is 32.2. The summed E-state index contributed by atoms with van der Waals surface area (Å²) < 4.78 is 4.68. The van der Waals surface area contributed by atoms with Crippen LogP contribution in [0.3, 0.4) is 0 Å². The first-order valence-corrected chi connectivity index (χ1v) is 10.3. The molecule has 0 saturated carbocycles. The van der Waals surface area contributed by atoms with Gasteiger partial charge in [-0.25, -0.2) is 0 Å². The van der Waals surface area contributed by atoms with Crippen LogP contribution in [-0.4, -0.2) is 69.6 Å². The van der Waals surface area contributed by atoms with Crippen molar-refractivity contribution in [2.24, 2.45) is 11.8 Å². The van der Waals surface area contributed by atoms with Crippen LogP contribution in [0.1, 0.15) is 40.0 Å². The minimum absolute atomic E-state index is 0.0304. The molecule has 0 radical (unpaired) electrons. The smallest absolute Gasteiger partial charge is 0.310 e. The average Bonchev–Trinajstić information content (AvgIpc) is 3.20. The number of rotatable bonds is 7. The van der Waals surface area contributed by atoms with Gasteiger partial charge in [-0.3, -0.25) is 14.4 Å². The van der Waals surface area contributed by atoms with Gasteiger partial charge in [0.2, 0.25) is 11.8 Å². The number of carbonyl (C=O) groups is 3. The molecule has 2 bridgehead atoms. The number of aliphatic hydroxyl groups is 1. The molecule has 1 spiro atoms. The summed E-state index contributed by atoms with van der Waals surface area (Å²) in [6.07, 6.45) is 1.98. The van der Waals surface area contributed by atoms with E-state index in [1.54, 1.807) is 23.6 Å². The summed E-state index contributed by atoms with van der Waals surface area (Å²) in [6, 6.07) is -0.624. The fourth-order valence-corrected chi connectivity index (χ4v) is 7.01. The third-order valence-corrected chi connectivity index (χ3v) is 7.55.